The number of hydrogen-bond acceptors (Lipinski definition) is 3. The molecule has 0 atom stereocenters. The lowest BCUT2D eigenvalue weighted by atomic mass is 9.91. The second kappa shape index (κ2) is 4.60. The molecule has 3 aromatic rings. The third-order valence-corrected chi connectivity index (χ3v) is 3.40. The molecule has 2 radical (unpaired) electrons. The summed E-state index contributed by atoms with van der Waals surface area (Å²) in [5.74, 6) is 0.913. The van der Waals surface area contributed by atoms with Gasteiger partial charge in [0.25, 0.3) is 0 Å². The van der Waals surface area contributed by atoms with E-state index in [0.29, 0.717) is 5.95 Å². The van der Waals surface area contributed by atoms with E-state index in [1.165, 1.54) is 0 Å². The van der Waals surface area contributed by atoms with Crippen LogP contribution >= 0.6 is 0 Å². The number of aryl methyl sites for hydroxylation is 2. The highest BCUT2D eigenvalue weighted by atomic mass is 16.3. The number of rotatable bonds is 2. The van der Waals surface area contributed by atoms with Crippen molar-refractivity contribution >= 4 is 36.0 Å². The molecule has 0 fully saturated rings. The molecule has 0 spiro atoms. The van der Waals surface area contributed by atoms with E-state index >= 15 is 0 Å². The molecule has 0 aliphatic carbocycles. The van der Waals surface area contributed by atoms with Crippen molar-refractivity contribution in [1.29, 1.82) is 0 Å². The molecule has 0 bridgehead atoms. The quantitative estimate of drug-likeness (QED) is 0.696. The van der Waals surface area contributed by atoms with E-state index in [0.717, 1.165) is 27.7 Å². The molecular formula is C15H14BN3O. The van der Waals surface area contributed by atoms with Gasteiger partial charge in [0.1, 0.15) is 13.6 Å². The first-order valence-corrected chi connectivity index (χ1v) is 6.33. The smallest absolute Gasteiger partial charge is 0.208 e. The standard InChI is InChI=1S/C15H14BN3O/c1-9-3-4-10(7-12(9)16)17-15-18-13-8-11(20)5-6-14(13)19(15)2/h3-8,20H,1-2H3,(H,17,18). The Bertz CT molecular complexity index is 795. The van der Waals surface area contributed by atoms with Crippen LogP contribution in [0.25, 0.3) is 11.0 Å². The summed E-state index contributed by atoms with van der Waals surface area (Å²) in [6.45, 7) is 1.97. The van der Waals surface area contributed by atoms with Gasteiger partial charge in [0.2, 0.25) is 5.95 Å². The first-order chi connectivity index (χ1) is 9.54. The van der Waals surface area contributed by atoms with Crippen LogP contribution in [0.15, 0.2) is 36.4 Å². The lowest BCUT2D eigenvalue weighted by Crippen LogP contribution is -2.08. The molecule has 3 rings (SSSR count). The molecule has 0 amide bonds. The molecule has 0 aliphatic heterocycles. The number of aromatic nitrogens is 2. The van der Waals surface area contributed by atoms with E-state index in [1.807, 2.05) is 42.8 Å². The van der Waals surface area contributed by atoms with Gasteiger partial charge in [0.05, 0.1) is 11.0 Å². The summed E-state index contributed by atoms with van der Waals surface area (Å²) >= 11 is 0. The molecule has 1 aromatic heterocycles. The molecule has 0 unspecified atom stereocenters. The summed E-state index contributed by atoms with van der Waals surface area (Å²) in [4.78, 5) is 4.47. The maximum Gasteiger partial charge on any atom is 0.208 e. The van der Waals surface area contributed by atoms with Crippen LogP contribution in [0.4, 0.5) is 11.6 Å². The molecule has 1 heterocycles. The number of nitrogens with one attached hydrogen (secondary N) is 1. The predicted molar refractivity (Wildman–Crippen MR) is 82.2 cm³/mol. The van der Waals surface area contributed by atoms with Crippen molar-refractivity contribution in [3.8, 4) is 5.75 Å². The fourth-order valence-corrected chi connectivity index (χ4v) is 2.15. The maximum absolute atomic E-state index is 9.50. The normalized spacial score (nSPS) is 10.9. The first-order valence-electron chi connectivity index (χ1n) is 6.33. The Morgan fingerprint density at radius 2 is 2.00 bits per heavy atom. The lowest BCUT2D eigenvalue weighted by Gasteiger charge is -2.08. The zero-order chi connectivity index (χ0) is 14.3. The second-order valence-corrected chi connectivity index (χ2v) is 4.86. The highest BCUT2D eigenvalue weighted by Crippen LogP contribution is 2.24. The molecule has 0 aliphatic rings. The summed E-state index contributed by atoms with van der Waals surface area (Å²) < 4.78 is 1.94. The van der Waals surface area contributed by atoms with Crippen LogP contribution in [0.5, 0.6) is 5.75 Å². The minimum atomic E-state index is 0.210. The molecule has 20 heavy (non-hydrogen) atoms. The van der Waals surface area contributed by atoms with Gasteiger partial charge in [-0.2, -0.15) is 0 Å². The highest BCUT2D eigenvalue weighted by Gasteiger charge is 2.08. The summed E-state index contributed by atoms with van der Waals surface area (Å²) in [6, 6.07) is 10.9. The topological polar surface area (TPSA) is 50.1 Å². The average Bonchev–Trinajstić information content (AvgIpc) is 2.70. The van der Waals surface area contributed by atoms with Crippen LogP contribution in [-0.2, 0) is 7.05 Å². The Morgan fingerprint density at radius 3 is 2.75 bits per heavy atom. The van der Waals surface area contributed by atoms with Crippen LogP contribution in [0, 0.1) is 6.92 Å². The van der Waals surface area contributed by atoms with Crippen LogP contribution in [0.2, 0.25) is 0 Å². The van der Waals surface area contributed by atoms with Crippen molar-refractivity contribution in [2.45, 2.75) is 6.92 Å². The van der Waals surface area contributed by atoms with Crippen molar-refractivity contribution in [3.05, 3.63) is 42.0 Å². The van der Waals surface area contributed by atoms with Gasteiger partial charge in [0, 0.05) is 18.8 Å². The number of aromatic hydroxyl groups is 1. The molecular weight excluding hydrogens is 249 g/mol. The van der Waals surface area contributed by atoms with E-state index in [-0.39, 0.29) is 5.75 Å². The lowest BCUT2D eigenvalue weighted by molar-refractivity contribution is 0.476. The van der Waals surface area contributed by atoms with Crippen LogP contribution in [-0.4, -0.2) is 22.5 Å². The monoisotopic (exact) mass is 263 g/mol. The van der Waals surface area contributed by atoms with Crippen molar-refractivity contribution in [1.82, 2.24) is 9.55 Å². The van der Waals surface area contributed by atoms with Crippen molar-refractivity contribution in [3.63, 3.8) is 0 Å². The third-order valence-electron chi connectivity index (χ3n) is 3.40. The van der Waals surface area contributed by atoms with Gasteiger partial charge in [-0.15, -0.1) is 0 Å². The molecule has 2 N–H and O–H groups in total. The second-order valence-electron chi connectivity index (χ2n) is 4.86. The van der Waals surface area contributed by atoms with Gasteiger partial charge >= 0.3 is 0 Å². The van der Waals surface area contributed by atoms with Crippen LogP contribution < -0.4 is 10.8 Å². The Kier molecular flexibility index (Phi) is 2.90. The van der Waals surface area contributed by atoms with Gasteiger partial charge in [-0.25, -0.2) is 4.98 Å². The predicted octanol–water partition coefficient (Wildman–Crippen LogP) is 2.12. The van der Waals surface area contributed by atoms with Gasteiger partial charge in [0.15, 0.2) is 0 Å². The Morgan fingerprint density at radius 1 is 1.20 bits per heavy atom. The fourth-order valence-electron chi connectivity index (χ4n) is 2.15. The number of hydrogen-bond donors (Lipinski definition) is 2. The van der Waals surface area contributed by atoms with Gasteiger partial charge in [-0.3, -0.25) is 0 Å². The highest BCUT2D eigenvalue weighted by molar-refractivity contribution is 6.33. The minimum Gasteiger partial charge on any atom is -0.508 e. The van der Waals surface area contributed by atoms with Gasteiger partial charge < -0.3 is 15.0 Å². The Balaban J connectivity index is 2.02. The van der Waals surface area contributed by atoms with E-state index in [2.05, 4.69) is 10.3 Å². The fraction of sp³-hybridized carbons (Fsp3) is 0.133. The molecule has 0 saturated heterocycles. The molecule has 0 saturated carbocycles. The number of fused-ring (bicyclic) bond motifs is 1. The number of benzene rings is 2. The van der Waals surface area contributed by atoms with Crippen molar-refractivity contribution < 1.29 is 5.11 Å². The van der Waals surface area contributed by atoms with Crippen molar-refractivity contribution in [2.75, 3.05) is 5.32 Å². The Hall–Kier alpha value is -2.43. The van der Waals surface area contributed by atoms with Gasteiger partial charge in [-0.1, -0.05) is 17.1 Å². The summed E-state index contributed by atoms with van der Waals surface area (Å²) in [6.07, 6.45) is 0. The number of anilines is 2. The van der Waals surface area contributed by atoms with Crippen LogP contribution in [0.1, 0.15) is 5.56 Å². The number of nitrogens with zero attached hydrogens (tertiary/aromatic N) is 2. The SMILES string of the molecule is [B]c1cc(Nc2nc3cc(O)ccc3n2C)ccc1C. The zero-order valence-corrected chi connectivity index (χ0v) is 11.4. The minimum absolute atomic E-state index is 0.210. The van der Waals surface area contributed by atoms with Gasteiger partial charge in [-0.05, 0) is 31.2 Å². The summed E-state index contributed by atoms with van der Waals surface area (Å²) in [7, 11) is 7.83. The van der Waals surface area contributed by atoms with Crippen LogP contribution in [0.3, 0.4) is 0 Å². The third kappa shape index (κ3) is 2.11. The summed E-state index contributed by atoms with van der Waals surface area (Å²) in [5, 5.41) is 12.7. The molecule has 2 aromatic carbocycles. The number of phenolic OH excluding ortho intramolecular Hbond substituents is 1. The van der Waals surface area contributed by atoms with E-state index in [1.54, 1.807) is 12.1 Å². The molecule has 98 valence electrons. The van der Waals surface area contributed by atoms with Crippen molar-refractivity contribution in [2.24, 2.45) is 7.05 Å². The summed E-state index contributed by atoms with van der Waals surface area (Å²) in [5.41, 5.74) is 4.37. The zero-order valence-electron chi connectivity index (χ0n) is 11.4. The number of imidazole rings is 1. The molecule has 4 nitrogen and oxygen atoms in total. The first kappa shape index (κ1) is 12.6. The van der Waals surface area contributed by atoms with E-state index in [4.69, 9.17) is 7.85 Å². The van der Waals surface area contributed by atoms with E-state index in [9.17, 15) is 5.11 Å². The average molecular weight is 263 g/mol. The largest absolute Gasteiger partial charge is 0.508 e. The Labute approximate surface area is 118 Å². The molecule has 5 heteroatoms. The van der Waals surface area contributed by atoms with E-state index < -0.39 is 0 Å². The maximum atomic E-state index is 9.50. The number of phenols is 1.